The van der Waals surface area contributed by atoms with Crippen molar-refractivity contribution in [3.8, 4) is 11.4 Å². The first-order valence-corrected chi connectivity index (χ1v) is 13.0. The van der Waals surface area contributed by atoms with Crippen LogP contribution in [0.1, 0.15) is 44.6 Å². The van der Waals surface area contributed by atoms with E-state index in [-0.39, 0.29) is 17.3 Å². The quantitative estimate of drug-likeness (QED) is 0.334. The maximum Gasteiger partial charge on any atom is 0.408 e. The third kappa shape index (κ3) is 5.03. The average Bonchev–Trinajstić information content (AvgIpc) is 3.42. The monoisotopic (exact) mass is 534 g/mol. The number of alkyl halides is 3. The highest BCUT2D eigenvalue weighted by molar-refractivity contribution is 6.00. The Morgan fingerprint density at radius 2 is 1.97 bits per heavy atom. The number of anilines is 2. The number of hydrogen-bond acceptors (Lipinski definition) is 5. The van der Waals surface area contributed by atoms with Crippen molar-refractivity contribution in [1.29, 1.82) is 0 Å². The molecule has 4 heterocycles. The normalized spacial score (nSPS) is 21.3. The number of aromatic amines is 1. The van der Waals surface area contributed by atoms with Crippen molar-refractivity contribution in [3.05, 3.63) is 24.0 Å². The van der Waals surface area contributed by atoms with Gasteiger partial charge in [-0.1, -0.05) is 0 Å². The average molecular weight is 535 g/mol. The number of amides is 2. The fourth-order valence-electron chi connectivity index (χ4n) is 5.22. The van der Waals surface area contributed by atoms with Gasteiger partial charge in [0.1, 0.15) is 30.4 Å². The summed E-state index contributed by atoms with van der Waals surface area (Å²) in [4.78, 5) is 21.6. The Morgan fingerprint density at radius 1 is 1.24 bits per heavy atom. The number of amidine groups is 1. The molecular weight excluding hydrogens is 499 g/mol. The largest absolute Gasteiger partial charge is 0.408 e. The summed E-state index contributed by atoms with van der Waals surface area (Å²) in [5, 5.41) is 12.4. The first-order chi connectivity index (χ1) is 18.0. The third-order valence-electron chi connectivity index (χ3n) is 8.03. The van der Waals surface area contributed by atoms with E-state index >= 15 is 0 Å². The molecule has 3 fully saturated rings. The van der Waals surface area contributed by atoms with E-state index in [2.05, 4.69) is 30.7 Å². The van der Waals surface area contributed by atoms with Crippen molar-refractivity contribution < 1.29 is 22.5 Å². The van der Waals surface area contributed by atoms with Crippen molar-refractivity contribution in [2.24, 2.45) is 5.73 Å². The molecule has 0 aromatic carbocycles. The Bertz CT molecular complexity index is 1230. The number of urea groups is 1. The third-order valence-corrected chi connectivity index (χ3v) is 8.03. The first-order valence-electron chi connectivity index (χ1n) is 13.0. The van der Waals surface area contributed by atoms with Gasteiger partial charge in [0.2, 0.25) is 0 Å². The van der Waals surface area contributed by atoms with Gasteiger partial charge in [-0.3, -0.25) is 25.3 Å². The van der Waals surface area contributed by atoms with Gasteiger partial charge in [-0.25, -0.2) is 4.79 Å². The number of nitrogens with two attached hydrogens (primary N) is 1. The number of pyridine rings is 1. The van der Waals surface area contributed by atoms with Crippen LogP contribution < -0.4 is 16.4 Å². The van der Waals surface area contributed by atoms with E-state index < -0.39 is 12.2 Å². The van der Waals surface area contributed by atoms with Crippen molar-refractivity contribution in [3.63, 3.8) is 0 Å². The Balaban J connectivity index is 1.43. The smallest absolute Gasteiger partial charge is 0.373 e. The minimum Gasteiger partial charge on any atom is -0.373 e. The van der Waals surface area contributed by atoms with E-state index in [1.165, 1.54) is 18.5 Å². The molecule has 1 spiro atoms. The Morgan fingerprint density at radius 3 is 2.63 bits per heavy atom. The lowest BCUT2D eigenvalue weighted by atomic mass is 10.0. The number of H-pyrrole nitrogens is 1. The minimum atomic E-state index is -4.46. The van der Waals surface area contributed by atoms with Crippen LogP contribution in [0.25, 0.3) is 11.4 Å². The van der Waals surface area contributed by atoms with Crippen LogP contribution in [0.2, 0.25) is 0 Å². The fraction of sp³-hybridized carbons (Fsp3) is 0.600. The number of likely N-dealkylation sites (N-methyl/N-ethyl adjacent to an activating group) is 1. The van der Waals surface area contributed by atoms with Crippen LogP contribution in [0.3, 0.4) is 0 Å². The topological polar surface area (TPSA) is 118 Å². The second kappa shape index (κ2) is 9.75. The Labute approximate surface area is 219 Å². The zero-order valence-corrected chi connectivity index (χ0v) is 21.9. The molecule has 2 aromatic rings. The summed E-state index contributed by atoms with van der Waals surface area (Å²) in [7, 11) is 3.95. The number of halogens is 3. The molecule has 1 saturated carbocycles. The van der Waals surface area contributed by atoms with E-state index in [9.17, 15) is 18.0 Å². The number of hydrogen-bond donors (Lipinski definition) is 4. The molecule has 5 N–H and O–H groups in total. The Kier molecular flexibility index (Phi) is 6.74. The molecule has 2 aromatic heterocycles. The molecule has 0 bridgehead atoms. The lowest BCUT2D eigenvalue weighted by Gasteiger charge is -2.36. The molecular formula is C25H35F3N9O+. The molecule has 38 heavy (non-hydrogen) atoms. The van der Waals surface area contributed by atoms with Crippen LogP contribution in [0.15, 0.2) is 18.5 Å². The summed E-state index contributed by atoms with van der Waals surface area (Å²) in [6.07, 6.45) is 3.62. The number of nitrogens with zero attached hydrogens (tertiary/aromatic N) is 5. The minimum absolute atomic E-state index is 0.0350. The van der Waals surface area contributed by atoms with E-state index in [4.69, 9.17) is 5.73 Å². The summed E-state index contributed by atoms with van der Waals surface area (Å²) in [5.74, 6) is 0.358. The predicted molar refractivity (Wildman–Crippen MR) is 138 cm³/mol. The summed E-state index contributed by atoms with van der Waals surface area (Å²) < 4.78 is 42.3. The van der Waals surface area contributed by atoms with Crippen molar-refractivity contribution >= 4 is 23.2 Å². The van der Waals surface area contributed by atoms with E-state index in [0.29, 0.717) is 54.2 Å². The maximum absolute atomic E-state index is 13.5. The summed E-state index contributed by atoms with van der Waals surface area (Å²) in [6, 6.07) is -0.182. The van der Waals surface area contributed by atoms with Crippen molar-refractivity contribution in [2.45, 2.75) is 62.8 Å². The molecule has 13 heteroatoms. The predicted octanol–water partition coefficient (Wildman–Crippen LogP) is 3.05. The highest BCUT2D eigenvalue weighted by Gasteiger charge is 2.51. The molecule has 2 saturated heterocycles. The van der Waals surface area contributed by atoms with Gasteiger partial charge in [-0.05, 0) is 59.2 Å². The molecule has 206 valence electrons. The van der Waals surface area contributed by atoms with Gasteiger partial charge in [0.05, 0.1) is 29.3 Å². The molecule has 1 aliphatic carbocycles. The van der Waals surface area contributed by atoms with E-state index in [1.54, 1.807) is 0 Å². The molecule has 2 amide bonds. The molecule has 3 aliphatic rings. The van der Waals surface area contributed by atoms with Crippen LogP contribution in [0.4, 0.5) is 29.3 Å². The summed E-state index contributed by atoms with van der Waals surface area (Å²) >= 11 is 0. The Hall–Kier alpha value is -3.35. The summed E-state index contributed by atoms with van der Waals surface area (Å²) in [6.45, 7) is 3.10. The number of carbonyl (C=O) groups excluding carboxylic acids is 1. The van der Waals surface area contributed by atoms with Crippen LogP contribution in [0, 0.1) is 0 Å². The van der Waals surface area contributed by atoms with Gasteiger partial charge >= 0.3 is 12.2 Å². The zero-order chi connectivity index (χ0) is 27.2. The first kappa shape index (κ1) is 26.3. The van der Waals surface area contributed by atoms with Gasteiger partial charge in [0, 0.05) is 18.3 Å². The highest BCUT2D eigenvalue weighted by atomic mass is 19.4. The van der Waals surface area contributed by atoms with Crippen molar-refractivity contribution in [2.75, 3.05) is 44.4 Å². The number of nitrogens with one attached hydrogen (secondary N) is 3. The van der Waals surface area contributed by atoms with Gasteiger partial charge in [0.15, 0.2) is 0 Å². The van der Waals surface area contributed by atoms with Crippen molar-refractivity contribution in [1.82, 2.24) is 25.0 Å². The molecule has 5 rings (SSSR count). The molecule has 0 radical (unpaired) electrons. The summed E-state index contributed by atoms with van der Waals surface area (Å²) in [5.41, 5.74) is 8.11. The van der Waals surface area contributed by atoms with Crippen LogP contribution in [0.5, 0.6) is 0 Å². The second-order valence-corrected chi connectivity index (χ2v) is 10.9. The lowest BCUT2D eigenvalue weighted by Crippen LogP contribution is -2.55. The second-order valence-electron chi connectivity index (χ2n) is 10.9. The van der Waals surface area contributed by atoms with Gasteiger partial charge < -0.3 is 15.5 Å². The van der Waals surface area contributed by atoms with Crippen LogP contribution in [-0.4, -0.2) is 99.0 Å². The molecule has 2 aliphatic heterocycles. The van der Waals surface area contributed by atoms with Crippen LogP contribution >= 0.6 is 0 Å². The highest BCUT2D eigenvalue weighted by Crippen LogP contribution is 2.48. The van der Waals surface area contributed by atoms with Gasteiger partial charge in [-0.15, -0.1) is 0 Å². The van der Waals surface area contributed by atoms with Crippen LogP contribution in [-0.2, 0) is 0 Å². The number of likely N-dealkylation sites (tertiary alicyclic amines) is 1. The molecule has 1 unspecified atom stereocenters. The number of piperidine rings is 1. The van der Waals surface area contributed by atoms with Gasteiger partial charge in [-0.2, -0.15) is 18.3 Å². The van der Waals surface area contributed by atoms with Gasteiger partial charge in [0.25, 0.3) is 5.84 Å². The fourth-order valence-corrected chi connectivity index (χ4v) is 5.22. The number of rotatable bonds is 6. The molecule has 10 nitrogen and oxygen atoms in total. The lowest BCUT2D eigenvalue weighted by molar-refractivity contribution is -0.598. The van der Waals surface area contributed by atoms with E-state index in [1.807, 2.05) is 23.6 Å². The number of carbonyl (C=O) groups is 1. The number of aromatic nitrogens is 3. The SMILES string of the molecule is CC(Nc1cc(-c2[nH]ncc2NC(=O)N2CCCCC23CC3)ncc1C(N)=[N+]1CC(N(C)C)C1)C(F)(F)F. The zero-order valence-electron chi connectivity index (χ0n) is 21.9. The maximum atomic E-state index is 13.5. The standard InChI is InChI=1S/C25H34F3N9O/c1-15(25(26,27)28)32-18-10-19(30-11-17(18)22(29)36-13-16(14-36)35(2)3)21-20(12-31-34-21)33-23(38)37-9-5-4-6-24(37)7-8-24/h10-12,15-16H,4-9,13-14H2,1-3H3,(H4,29,30,31,32,33,34,38)/p+1. The van der Waals surface area contributed by atoms with E-state index in [0.717, 1.165) is 39.0 Å². The molecule has 1 atom stereocenters.